The fourth-order valence-corrected chi connectivity index (χ4v) is 15.3. The molecule has 0 fully saturated rings. The number of hydrogen-bond acceptors (Lipinski definition) is 15. The van der Waals surface area contributed by atoms with Crippen molar-refractivity contribution in [2.45, 2.75) is 495 Å². The number of phosphoric ester groups is 2. The highest BCUT2D eigenvalue weighted by molar-refractivity contribution is 7.47. The van der Waals surface area contributed by atoms with E-state index >= 15 is 0 Å². The average molecular weight is 1550 g/mol. The fraction of sp³-hybridized carbons (Fsp3) is 0.954. The lowest BCUT2D eigenvalue weighted by Gasteiger charge is -2.21. The average Bonchev–Trinajstić information content (AvgIpc) is 0.902. The highest BCUT2D eigenvalue weighted by Crippen LogP contribution is 2.45. The molecule has 3 N–H and O–H groups in total. The van der Waals surface area contributed by atoms with Crippen LogP contribution in [0.2, 0.25) is 0 Å². The van der Waals surface area contributed by atoms with Crippen molar-refractivity contribution < 1.29 is 80.2 Å². The maximum atomic E-state index is 13.1. The summed E-state index contributed by atoms with van der Waals surface area (Å²) < 4.78 is 68.8. The minimum Gasteiger partial charge on any atom is -0.462 e. The van der Waals surface area contributed by atoms with Crippen LogP contribution in [0.5, 0.6) is 0 Å². The van der Waals surface area contributed by atoms with Gasteiger partial charge in [0.1, 0.15) is 19.3 Å². The molecule has 0 saturated heterocycles. The second kappa shape index (κ2) is 81.1. The van der Waals surface area contributed by atoms with Gasteiger partial charge in [0.25, 0.3) is 0 Å². The number of carbonyl (C=O) groups is 4. The number of aliphatic hydroxyl groups excluding tert-OH is 1. The molecule has 0 aromatic rings. The second-order valence-electron chi connectivity index (χ2n) is 31.3. The monoisotopic (exact) mass is 1550 g/mol. The Morgan fingerprint density at radius 1 is 0.226 bits per heavy atom. The Bertz CT molecular complexity index is 2000. The topological polar surface area (TPSA) is 237 Å². The van der Waals surface area contributed by atoms with Crippen molar-refractivity contribution in [1.82, 2.24) is 0 Å². The summed E-state index contributed by atoms with van der Waals surface area (Å²) in [4.78, 5) is 73.1. The Morgan fingerprint density at radius 2 is 0.377 bits per heavy atom. The molecule has 0 aliphatic heterocycles. The van der Waals surface area contributed by atoms with Gasteiger partial charge in [-0.15, -0.1) is 0 Å². The number of carbonyl (C=O) groups excluding carboxylic acids is 4. The van der Waals surface area contributed by atoms with E-state index in [-0.39, 0.29) is 25.7 Å². The van der Waals surface area contributed by atoms with Gasteiger partial charge in [0.05, 0.1) is 26.4 Å². The summed E-state index contributed by atoms with van der Waals surface area (Å²) in [5.41, 5.74) is 0. The van der Waals surface area contributed by atoms with Crippen LogP contribution in [0.4, 0.5) is 0 Å². The van der Waals surface area contributed by atoms with E-state index < -0.39 is 97.5 Å². The third kappa shape index (κ3) is 80.1. The highest BCUT2D eigenvalue weighted by atomic mass is 31.2. The fourth-order valence-electron chi connectivity index (χ4n) is 13.7. The van der Waals surface area contributed by atoms with Crippen molar-refractivity contribution in [2.75, 3.05) is 39.6 Å². The van der Waals surface area contributed by atoms with E-state index in [0.29, 0.717) is 25.7 Å². The van der Waals surface area contributed by atoms with Crippen molar-refractivity contribution >= 4 is 39.5 Å². The summed E-state index contributed by atoms with van der Waals surface area (Å²) in [7, 11) is -9.92. The van der Waals surface area contributed by atoms with E-state index in [0.717, 1.165) is 89.9 Å². The third-order valence-corrected chi connectivity index (χ3v) is 22.5. The Kier molecular flexibility index (Phi) is 79.6. The van der Waals surface area contributed by atoms with Gasteiger partial charge in [-0.25, -0.2) is 9.13 Å². The molecule has 0 bridgehead atoms. The molecule has 5 atom stereocenters. The van der Waals surface area contributed by atoms with Crippen LogP contribution in [0, 0.1) is 0 Å². The molecular weight excluding hydrogens is 1380 g/mol. The summed E-state index contributed by atoms with van der Waals surface area (Å²) in [6.07, 6.45) is 76.6. The first-order valence-electron chi connectivity index (χ1n) is 45.3. The van der Waals surface area contributed by atoms with E-state index in [4.69, 9.17) is 37.0 Å². The second-order valence-corrected chi connectivity index (χ2v) is 34.2. The van der Waals surface area contributed by atoms with Gasteiger partial charge in [0.2, 0.25) is 0 Å². The maximum absolute atomic E-state index is 13.1. The van der Waals surface area contributed by atoms with Crippen LogP contribution in [0.15, 0.2) is 0 Å². The van der Waals surface area contributed by atoms with Gasteiger partial charge in [-0.2, -0.15) is 0 Å². The summed E-state index contributed by atoms with van der Waals surface area (Å²) in [6, 6.07) is 0. The summed E-state index contributed by atoms with van der Waals surface area (Å²) in [5.74, 6) is -2.10. The predicted molar refractivity (Wildman–Crippen MR) is 437 cm³/mol. The molecule has 0 rings (SSSR count). The molecule has 2 unspecified atom stereocenters. The predicted octanol–water partition coefficient (Wildman–Crippen LogP) is 26.9. The standard InChI is InChI=1S/C87H170O17P2/c1-5-9-13-17-21-25-28-31-34-37-39-41-42-44-46-49-52-55-58-62-66-70-74-87(92)104-83(78-98-85(90)72-68-64-60-56-53-50-48-45-43-40-38-35-32-29-26-22-18-14-10-6-2)80-102-106(95,96)100-76-81(88)75-99-105(93,94)101-79-82(77-97-84(89)71-67-63-59-24-20-16-12-8-4)103-86(91)73-69-65-61-57-54-51-47-36-33-30-27-23-19-15-11-7-3/h81-83,88H,5-80H2,1-4H3,(H,93,94)(H,95,96)/t81-,82+,83+/m0/s1. The minimum atomic E-state index is -4.96. The quantitative estimate of drug-likeness (QED) is 0.0222. The summed E-state index contributed by atoms with van der Waals surface area (Å²) in [5, 5.41) is 10.7. The van der Waals surface area contributed by atoms with Crippen LogP contribution >= 0.6 is 15.6 Å². The van der Waals surface area contributed by atoms with Gasteiger partial charge in [-0.05, 0) is 25.7 Å². The molecule has 19 heteroatoms. The summed E-state index contributed by atoms with van der Waals surface area (Å²) in [6.45, 7) is 5.03. The van der Waals surface area contributed by atoms with Gasteiger partial charge in [0, 0.05) is 25.7 Å². The first-order chi connectivity index (χ1) is 51.7. The lowest BCUT2D eigenvalue weighted by atomic mass is 10.0. The van der Waals surface area contributed by atoms with E-state index in [1.165, 1.54) is 308 Å². The SMILES string of the molecule is CCCCCCCCCCCCCCCCCCCCCCCCC(=O)O[C@H](COC(=O)CCCCCCCCCCCCCCCCCCCCCC)COP(=O)(O)OC[C@@H](O)COP(=O)(O)OC[C@@H](COC(=O)CCCCCCCCCC)OC(=O)CCCCCCCCCCCCCCCCCC. The zero-order valence-electron chi connectivity index (χ0n) is 69.4. The van der Waals surface area contributed by atoms with E-state index in [1.54, 1.807) is 0 Å². The minimum absolute atomic E-state index is 0.109. The molecule has 630 valence electrons. The lowest BCUT2D eigenvalue weighted by molar-refractivity contribution is -0.161. The first-order valence-corrected chi connectivity index (χ1v) is 48.3. The van der Waals surface area contributed by atoms with Crippen LogP contribution in [-0.2, 0) is 65.4 Å². The highest BCUT2D eigenvalue weighted by Gasteiger charge is 2.30. The maximum Gasteiger partial charge on any atom is 0.472 e. The Hall–Kier alpha value is -1.94. The lowest BCUT2D eigenvalue weighted by Crippen LogP contribution is -2.30. The Morgan fingerprint density at radius 3 is 0.557 bits per heavy atom. The number of rotatable bonds is 88. The van der Waals surface area contributed by atoms with Crippen LogP contribution in [-0.4, -0.2) is 96.7 Å². The van der Waals surface area contributed by atoms with Gasteiger partial charge in [-0.1, -0.05) is 426 Å². The number of esters is 4. The number of ether oxygens (including phenoxy) is 4. The molecule has 0 heterocycles. The van der Waals surface area contributed by atoms with Crippen molar-refractivity contribution in [2.24, 2.45) is 0 Å². The molecule has 0 aromatic heterocycles. The van der Waals surface area contributed by atoms with Crippen molar-refractivity contribution in [1.29, 1.82) is 0 Å². The van der Waals surface area contributed by atoms with Crippen LogP contribution in [0.25, 0.3) is 0 Å². The zero-order valence-corrected chi connectivity index (χ0v) is 71.2. The van der Waals surface area contributed by atoms with Crippen molar-refractivity contribution in [3.05, 3.63) is 0 Å². The van der Waals surface area contributed by atoms with Gasteiger partial charge >= 0.3 is 39.5 Å². The molecule has 0 aliphatic rings. The molecule has 17 nitrogen and oxygen atoms in total. The molecular formula is C87H170O17P2. The number of aliphatic hydroxyl groups is 1. The van der Waals surface area contributed by atoms with Crippen LogP contribution < -0.4 is 0 Å². The van der Waals surface area contributed by atoms with Gasteiger partial charge < -0.3 is 33.8 Å². The van der Waals surface area contributed by atoms with Gasteiger partial charge in [-0.3, -0.25) is 37.3 Å². The zero-order chi connectivity index (χ0) is 77.4. The van der Waals surface area contributed by atoms with E-state index in [2.05, 4.69) is 27.7 Å². The normalized spacial score (nSPS) is 13.7. The number of hydrogen-bond donors (Lipinski definition) is 3. The van der Waals surface area contributed by atoms with Crippen molar-refractivity contribution in [3.63, 3.8) is 0 Å². The first kappa shape index (κ1) is 104. The molecule has 0 radical (unpaired) electrons. The summed E-state index contributed by atoms with van der Waals surface area (Å²) >= 11 is 0. The smallest absolute Gasteiger partial charge is 0.462 e. The molecule has 0 amide bonds. The number of unbranched alkanes of at least 4 members (excludes halogenated alkanes) is 62. The molecule has 106 heavy (non-hydrogen) atoms. The van der Waals surface area contributed by atoms with E-state index in [1.807, 2.05) is 0 Å². The molecule has 0 aromatic carbocycles. The van der Waals surface area contributed by atoms with Crippen LogP contribution in [0.1, 0.15) is 477 Å². The Balaban J connectivity index is 5.17. The largest absolute Gasteiger partial charge is 0.472 e. The Labute approximate surface area is 651 Å². The molecule has 0 spiro atoms. The molecule has 0 aliphatic carbocycles. The third-order valence-electron chi connectivity index (χ3n) is 20.6. The van der Waals surface area contributed by atoms with Gasteiger partial charge in [0.15, 0.2) is 12.2 Å². The number of phosphoric acid groups is 2. The van der Waals surface area contributed by atoms with Crippen molar-refractivity contribution in [3.8, 4) is 0 Å². The van der Waals surface area contributed by atoms with Crippen LogP contribution in [0.3, 0.4) is 0 Å². The molecule has 0 saturated carbocycles. The van der Waals surface area contributed by atoms with E-state index in [9.17, 15) is 43.2 Å².